The van der Waals surface area contributed by atoms with Gasteiger partial charge in [-0.2, -0.15) is 0 Å². The number of anilines is 2. The summed E-state index contributed by atoms with van der Waals surface area (Å²) in [5.74, 6) is 2.49. The van der Waals surface area contributed by atoms with Crippen LogP contribution >= 0.6 is 0 Å². The van der Waals surface area contributed by atoms with E-state index in [1.807, 2.05) is 104 Å². The van der Waals surface area contributed by atoms with E-state index in [4.69, 9.17) is 18.9 Å². The van der Waals surface area contributed by atoms with Gasteiger partial charge in [0.05, 0.1) is 36.4 Å². The first-order chi connectivity index (χ1) is 35.2. The molecule has 2 amide bonds. The molecular formula is C62H70N2O10. The van der Waals surface area contributed by atoms with Gasteiger partial charge in [-0.3, -0.25) is 19.2 Å². The van der Waals surface area contributed by atoms with Gasteiger partial charge in [0.25, 0.3) is 11.8 Å². The number of hydrogen-bond acceptors (Lipinski definition) is 10. The van der Waals surface area contributed by atoms with Gasteiger partial charge in [-0.1, -0.05) is 24.3 Å². The number of nitrogens with zero attached hydrogens (tertiary/aromatic N) is 2. The number of carbonyl (C=O) groups excluding carboxylic acids is 4. The van der Waals surface area contributed by atoms with Crippen LogP contribution in [0.15, 0.2) is 121 Å². The topological polar surface area (TPSA) is 152 Å². The number of ether oxygens (including phenoxy) is 4. The zero-order valence-corrected chi connectivity index (χ0v) is 44.4. The molecule has 0 radical (unpaired) electrons. The lowest BCUT2D eigenvalue weighted by atomic mass is 9.79. The standard InChI is InChI=1S/2C31H35NO5/c2*1-6-32(29(34)20-9-12-24(33)13-10-20)28-19-25(36-5)15-16-27(28)23-8-7-22-18-26(14-11-21(22)17-23)37-30(35)31(2,3)4/h2*9-16,18-19,23,33H,6-8,17H2,1-5H3/t2*23-/m10/s1. The van der Waals surface area contributed by atoms with Gasteiger partial charge < -0.3 is 39.0 Å². The third-order valence-electron chi connectivity index (χ3n) is 13.7. The summed E-state index contributed by atoms with van der Waals surface area (Å²) in [6.45, 7) is 16.0. The van der Waals surface area contributed by atoms with Crippen molar-refractivity contribution in [2.75, 3.05) is 37.1 Å². The molecule has 0 aromatic heterocycles. The van der Waals surface area contributed by atoms with Crippen LogP contribution in [0.1, 0.15) is 134 Å². The highest BCUT2D eigenvalue weighted by Crippen LogP contribution is 2.42. The Bertz CT molecular complexity index is 2780. The maximum Gasteiger partial charge on any atom is 0.316 e. The smallest absolute Gasteiger partial charge is 0.316 e. The highest BCUT2D eigenvalue weighted by molar-refractivity contribution is 6.07. The fourth-order valence-electron chi connectivity index (χ4n) is 9.47. The Hall–Kier alpha value is -7.60. The number of esters is 2. The average molecular weight is 1000 g/mol. The van der Waals surface area contributed by atoms with Gasteiger partial charge in [0, 0.05) is 36.3 Å². The number of phenolic OH excluding ortho intramolecular Hbond substituents is 2. The van der Waals surface area contributed by atoms with Gasteiger partial charge >= 0.3 is 11.9 Å². The van der Waals surface area contributed by atoms with Gasteiger partial charge in [-0.05, 0) is 224 Å². The normalized spacial score (nSPS) is 15.0. The van der Waals surface area contributed by atoms with Crippen LogP contribution in [0.2, 0.25) is 0 Å². The number of phenols is 2. The Balaban J connectivity index is 0.000000216. The first-order valence-electron chi connectivity index (χ1n) is 25.5. The molecule has 0 saturated carbocycles. The van der Waals surface area contributed by atoms with E-state index in [0.29, 0.717) is 47.2 Å². The summed E-state index contributed by atoms with van der Waals surface area (Å²) in [4.78, 5) is 55.1. The van der Waals surface area contributed by atoms with E-state index in [9.17, 15) is 29.4 Å². The number of amides is 2. The van der Waals surface area contributed by atoms with E-state index < -0.39 is 10.8 Å². The number of benzene rings is 6. The third kappa shape index (κ3) is 12.8. The van der Waals surface area contributed by atoms with Crippen LogP contribution in [-0.4, -0.2) is 61.3 Å². The Morgan fingerprint density at radius 2 is 0.838 bits per heavy atom. The van der Waals surface area contributed by atoms with Gasteiger partial charge in [0.15, 0.2) is 0 Å². The Kier molecular flexibility index (Phi) is 16.9. The predicted octanol–water partition coefficient (Wildman–Crippen LogP) is 12.6. The molecule has 0 fully saturated rings. The number of fused-ring (bicyclic) bond motifs is 2. The van der Waals surface area contributed by atoms with Gasteiger partial charge in [0.1, 0.15) is 34.5 Å². The molecule has 6 aromatic carbocycles. The molecule has 6 aromatic rings. The van der Waals surface area contributed by atoms with Crippen molar-refractivity contribution >= 4 is 35.1 Å². The molecule has 0 unspecified atom stereocenters. The second-order valence-corrected chi connectivity index (χ2v) is 21.1. The number of aryl methyl sites for hydroxylation is 2. The number of aromatic hydroxyl groups is 2. The lowest BCUT2D eigenvalue weighted by molar-refractivity contribution is -0.143. The molecule has 0 aliphatic heterocycles. The quantitative estimate of drug-likeness (QED) is 0.0895. The van der Waals surface area contributed by atoms with Crippen molar-refractivity contribution in [1.82, 2.24) is 0 Å². The Morgan fingerprint density at radius 3 is 1.16 bits per heavy atom. The molecule has 0 saturated heterocycles. The van der Waals surface area contributed by atoms with Crippen molar-refractivity contribution in [2.45, 2.75) is 106 Å². The second kappa shape index (κ2) is 23.1. The molecule has 0 heterocycles. The maximum atomic E-state index is 13.5. The molecule has 74 heavy (non-hydrogen) atoms. The number of carbonyl (C=O) groups is 4. The fourth-order valence-corrected chi connectivity index (χ4v) is 9.47. The largest absolute Gasteiger partial charge is 0.508 e. The van der Waals surface area contributed by atoms with E-state index in [0.717, 1.165) is 61.0 Å². The first-order valence-corrected chi connectivity index (χ1v) is 25.5. The van der Waals surface area contributed by atoms with Crippen LogP contribution in [0.5, 0.6) is 34.5 Å². The summed E-state index contributed by atoms with van der Waals surface area (Å²) >= 11 is 0. The first kappa shape index (κ1) is 54.2. The van der Waals surface area contributed by atoms with Crippen LogP contribution < -0.4 is 28.7 Å². The van der Waals surface area contributed by atoms with Crippen molar-refractivity contribution in [2.24, 2.45) is 10.8 Å². The summed E-state index contributed by atoms with van der Waals surface area (Å²) in [5, 5.41) is 19.3. The van der Waals surface area contributed by atoms with Crippen molar-refractivity contribution < 1.29 is 48.3 Å². The minimum absolute atomic E-state index is 0.124. The highest BCUT2D eigenvalue weighted by Gasteiger charge is 2.31. The van der Waals surface area contributed by atoms with Crippen LogP contribution in [0.4, 0.5) is 11.4 Å². The van der Waals surface area contributed by atoms with Crippen molar-refractivity contribution in [3.63, 3.8) is 0 Å². The summed E-state index contributed by atoms with van der Waals surface area (Å²) in [6, 6.07) is 36.4. The van der Waals surface area contributed by atoms with Gasteiger partial charge in [0.2, 0.25) is 0 Å². The van der Waals surface area contributed by atoms with Crippen LogP contribution in [-0.2, 0) is 35.3 Å². The molecule has 2 N–H and O–H groups in total. The molecule has 12 nitrogen and oxygen atoms in total. The van der Waals surface area contributed by atoms with Crippen LogP contribution in [0.3, 0.4) is 0 Å². The number of methoxy groups -OCH3 is 2. The van der Waals surface area contributed by atoms with E-state index in [-0.39, 0.29) is 47.1 Å². The summed E-state index contributed by atoms with van der Waals surface area (Å²) in [6.07, 6.45) is 5.18. The molecule has 0 bridgehead atoms. The fraction of sp³-hybridized carbons (Fsp3) is 0.355. The van der Waals surface area contributed by atoms with E-state index in [1.165, 1.54) is 46.5 Å². The minimum Gasteiger partial charge on any atom is -0.508 e. The average Bonchev–Trinajstić information content (AvgIpc) is 3.38. The maximum absolute atomic E-state index is 13.5. The van der Waals surface area contributed by atoms with Gasteiger partial charge in [-0.25, -0.2) is 0 Å². The van der Waals surface area contributed by atoms with E-state index in [2.05, 4.69) is 24.3 Å². The summed E-state index contributed by atoms with van der Waals surface area (Å²) in [5.41, 5.74) is 8.61. The summed E-state index contributed by atoms with van der Waals surface area (Å²) in [7, 11) is 3.25. The van der Waals surface area contributed by atoms with Gasteiger partial charge in [-0.15, -0.1) is 0 Å². The molecule has 2 aliphatic carbocycles. The number of rotatable bonds is 12. The van der Waals surface area contributed by atoms with E-state index >= 15 is 0 Å². The SMILES string of the molecule is CCN(C(=O)c1ccc(O)cc1)c1cc(OC)ccc1[C@@H]1CCc2cc(OC(=O)C(C)(C)C)ccc2C1.CCN(C(=O)c1ccc(O)cc1)c1cc(OC)ccc1[C@H]1CCc2cc(OC(=O)C(C)(C)C)ccc2C1. The lowest BCUT2D eigenvalue weighted by Crippen LogP contribution is -2.32. The molecule has 2 aliphatic rings. The zero-order chi connectivity index (χ0) is 53.5. The van der Waals surface area contributed by atoms with Crippen molar-refractivity contribution in [3.8, 4) is 34.5 Å². The minimum atomic E-state index is -0.561. The predicted molar refractivity (Wildman–Crippen MR) is 289 cm³/mol. The third-order valence-corrected chi connectivity index (χ3v) is 13.7. The Labute approximate surface area is 435 Å². The second-order valence-electron chi connectivity index (χ2n) is 21.1. The van der Waals surface area contributed by atoms with Crippen LogP contribution in [0.25, 0.3) is 0 Å². The van der Waals surface area contributed by atoms with Crippen LogP contribution in [0, 0.1) is 10.8 Å². The molecular weight excluding hydrogens is 933 g/mol. The lowest BCUT2D eigenvalue weighted by Gasteiger charge is -2.31. The molecule has 2 atom stereocenters. The summed E-state index contributed by atoms with van der Waals surface area (Å²) < 4.78 is 22.2. The van der Waals surface area contributed by atoms with Crippen molar-refractivity contribution in [1.29, 1.82) is 0 Å². The molecule has 0 spiro atoms. The monoisotopic (exact) mass is 1000 g/mol. The highest BCUT2D eigenvalue weighted by atomic mass is 16.5. The molecule has 8 rings (SSSR count). The molecule has 12 heteroatoms. The van der Waals surface area contributed by atoms with Crippen molar-refractivity contribution in [3.05, 3.63) is 166 Å². The Morgan fingerprint density at radius 1 is 0.486 bits per heavy atom. The zero-order valence-electron chi connectivity index (χ0n) is 44.4. The number of hydrogen-bond donors (Lipinski definition) is 2. The van der Waals surface area contributed by atoms with E-state index in [1.54, 1.807) is 48.3 Å². The molecule has 388 valence electrons.